The predicted octanol–water partition coefficient (Wildman–Crippen LogP) is 2.86. The van der Waals surface area contributed by atoms with Crippen LogP contribution in [0.3, 0.4) is 0 Å². The van der Waals surface area contributed by atoms with Crippen molar-refractivity contribution in [2.75, 3.05) is 0 Å². The summed E-state index contributed by atoms with van der Waals surface area (Å²) in [5, 5.41) is 0.950. The van der Waals surface area contributed by atoms with Gasteiger partial charge in [-0.2, -0.15) is 0 Å². The van der Waals surface area contributed by atoms with Crippen LogP contribution in [-0.2, 0) is 6.54 Å². The molecular formula is C16H14N2O. The predicted molar refractivity (Wildman–Crippen MR) is 76.1 cm³/mol. The van der Waals surface area contributed by atoms with Crippen LogP contribution in [0.15, 0.2) is 54.7 Å². The van der Waals surface area contributed by atoms with Crippen LogP contribution in [0, 0.1) is 0 Å². The molecule has 3 N–H and O–H groups in total. The van der Waals surface area contributed by atoms with Gasteiger partial charge in [0.05, 0.1) is 0 Å². The lowest BCUT2D eigenvalue weighted by atomic mass is 10.0. The Bertz CT molecular complexity index is 743. The Kier molecular flexibility index (Phi) is 2.89. The number of hydrogen-bond donors (Lipinski definition) is 2. The van der Waals surface area contributed by atoms with Crippen molar-refractivity contribution in [2.24, 2.45) is 5.73 Å². The van der Waals surface area contributed by atoms with E-state index in [9.17, 15) is 4.79 Å². The van der Waals surface area contributed by atoms with Gasteiger partial charge in [0.1, 0.15) is 0 Å². The van der Waals surface area contributed by atoms with Crippen LogP contribution in [-0.4, -0.2) is 10.8 Å². The minimum Gasteiger partial charge on any atom is -0.360 e. The quantitative estimate of drug-likeness (QED) is 0.702. The largest absolute Gasteiger partial charge is 0.360 e. The molecule has 3 heteroatoms. The molecule has 3 aromatic rings. The highest BCUT2D eigenvalue weighted by molar-refractivity contribution is 6.16. The average Bonchev–Trinajstić information content (AvgIpc) is 2.90. The van der Waals surface area contributed by atoms with Gasteiger partial charge in [-0.15, -0.1) is 0 Å². The summed E-state index contributed by atoms with van der Waals surface area (Å²) in [5.74, 6) is 0.0211. The third kappa shape index (κ3) is 2.04. The van der Waals surface area contributed by atoms with E-state index >= 15 is 0 Å². The number of aromatic nitrogens is 1. The van der Waals surface area contributed by atoms with E-state index in [2.05, 4.69) is 4.98 Å². The molecule has 94 valence electrons. The van der Waals surface area contributed by atoms with E-state index in [1.807, 2.05) is 48.5 Å². The van der Waals surface area contributed by atoms with Gasteiger partial charge < -0.3 is 10.7 Å². The minimum absolute atomic E-state index is 0.0211. The zero-order valence-electron chi connectivity index (χ0n) is 10.4. The number of nitrogens with two attached hydrogens (primary N) is 1. The van der Waals surface area contributed by atoms with Crippen molar-refractivity contribution in [1.29, 1.82) is 0 Å². The van der Waals surface area contributed by atoms with Crippen LogP contribution >= 0.6 is 0 Å². The van der Waals surface area contributed by atoms with Gasteiger partial charge in [0, 0.05) is 34.8 Å². The fourth-order valence-corrected chi connectivity index (χ4v) is 2.25. The lowest BCUT2D eigenvalue weighted by Crippen LogP contribution is -2.03. The zero-order valence-corrected chi connectivity index (χ0v) is 10.4. The Labute approximate surface area is 111 Å². The summed E-state index contributed by atoms with van der Waals surface area (Å²) in [7, 11) is 0. The van der Waals surface area contributed by atoms with E-state index in [4.69, 9.17) is 5.73 Å². The molecule has 3 rings (SSSR count). The molecule has 0 aliphatic rings. The Morgan fingerprint density at radius 2 is 1.95 bits per heavy atom. The number of hydrogen-bond acceptors (Lipinski definition) is 2. The number of fused-ring (bicyclic) bond motifs is 1. The SMILES string of the molecule is NCc1cccc(C(=O)c2c[nH]c3ccccc23)c1. The second-order valence-electron chi connectivity index (χ2n) is 4.48. The van der Waals surface area contributed by atoms with E-state index in [0.29, 0.717) is 17.7 Å². The lowest BCUT2D eigenvalue weighted by molar-refractivity contribution is 0.104. The molecule has 0 spiro atoms. The van der Waals surface area contributed by atoms with E-state index in [1.165, 1.54) is 0 Å². The topological polar surface area (TPSA) is 58.9 Å². The van der Waals surface area contributed by atoms with Crippen LogP contribution in [0.25, 0.3) is 10.9 Å². The number of carbonyl (C=O) groups excluding carboxylic acids is 1. The molecule has 19 heavy (non-hydrogen) atoms. The molecule has 1 heterocycles. The maximum absolute atomic E-state index is 12.5. The number of rotatable bonds is 3. The smallest absolute Gasteiger partial charge is 0.195 e. The van der Waals surface area contributed by atoms with Gasteiger partial charge >= 0.3 is 0 Å². The number of H-pyrrole nitrogens is 1. The lowest BCUT2D eigenvalue weighted by Gasteiger charge is -2.02. The van der Waals surface area contributed by atoms with Gasteiger partial charge in [-0.3, -0.25) is 4.79 Å². The van der Waals surface area contributed by atoms with Crippen LogP contribution in [0.4, 0.5) is 0 Å². The molecular weight excluding hydrogens is 236 g/mol. The standard InChI is InChI=1S/C16H14N2O/c17-9-11-4-3-5-12(8-11)16(19)14-10-18-15-7-2-1-6-13(14)15/h1-8,10,18H,9,17H2. The molecule has 0 bridgehead atoms. The Balaban J connectivity index is 2.08. The monoisotopic (exact) mass is 250 g/mol. The Morgan fingerprint density at radius 1 is 1.11 bits per heavy atom. The Hall–Kier alpha value is -2.39. The van der Waals surface area contributed by atoms with Crippen LogP contribution in [0.1, 0.15) is 21.5 Å². The molecule has 0 aliphatic heterocycles. The molecule has 0 aliphatic carbocycles. The molecule has 0 unspecified atom stereocenters. The number of benzene rings is 2. The number of para-hydroxylation sites is 1. The van der Waals surface area contributed by atoms with E-state index < -0.39 is 0 Å². The molecule has 0 atom stereocenters. The highest BCUT2D eigenvalue weighted by atomic mass is 16.1. The van der Waals surface area contributed by atoms with Gasteiger partial charge in [0.25, 0.3) is 0 Å². The molecule has 0 fully saturated rings. The van der Waals surface area contributed by atoms with Gasteiger partial charge in [-0.1, -0.05) is 36.4 Å². The summed E-state index contributed by atoms with van der Waals surface area (Å²) >= 11 is 0. The summed E-state index contributed by atoms with van der Waals surface area (Å²) in [6, 6.07) is 15.3. The molecule has 1 aromatic heterocycles. The third-order valence-corrected chi connectivity index (χ3v) is 3.26. The van der Waals surface area contributed by atoms with Crippen molar-refractivity contribution in [3.63, 3.8) is 0 Å². The summed E-state index contributed by atoms with van der Waals surface area (Å²) in [4.78, 5) is 15.7. The fraction of sp³-hybridized carbons (Fsp3) is 0.0625. The van der Waals surface area contributed by atoms with E-state index in [-0.39, 0.29) is 5.78 Å². The molecule has 2 aromatic carbocycles. The number of ketones is 1. The van der Waals surface area contributed by atoms with Gasteiger partial charge in [0.15, 0.2) is 5.78 Å². The van der Waals surface area contributed by atoms with E-state index in [0.717, 1.165) is 16.5 Å². The van der Waals surface area contributed by atoms with Gasteiger partial charge in [0.2, 0.25) is 0 Å². The first-order chi connectivity index (χ1) is 9.29. The highest BCUT2D eigenvalue weighted by Gasteiger charge is 2.13. The molecule has 3 nitrogen and oxygen atoms in total. The second-order valence-corrected chi connectivity index (χ2v) is 4.48. The van der Waals surface area contributed by atoms with Crippen molar-refractivity contribution in [3.8, 4) is 0 Å². The number of carbonyl (C=O) groups is 1. The Morgan fingerprint density at radius 3 is 2.79 bits per heavy atom. The third-order valence-electron chi connectivity index (χ3n) is 3.26. The zero-order chi connectivity index (χ0) is 13.2. The van der Waals surface area contributed by atoms with Gasteiger partial charge in [-0.25, -0.2) is 0 Å². The first kappa shape index (κ1) is 11.7. The molecule has 0 radical (unpaired) electrons. The maximum atomic E-state index is 12.5. The maximum Gasteiger partial charge on any atom is 0.195 e. The normalized spacial score (nSPS) is 10.8. The van der Waals surface area contributed by atoms with Crippen LogP contribution < -0.4 is 5.73 Å². The number of aromatic amines is 1. The summed E-state index contributed by atoms with van der Waals surface area (Å²) in [6.45, 7) is 0.439. The highest BCUT2D eigenvalue weighted by Crippen LogP contribution is 2.21. The van der Waals surface area contributed by atoms with Crippen molar-refractivity contribution in [1.82, 2.24) is 4.98 Å². The first-order valence-corrected chi connectivity index (χ1v) is 6.19. The van der Waals surface area contributed by atoms with Crippen LogP contribution in [0.2, 0.25) is 0 Å². The summed E-state index contributed by atoms with van der Waals surface area (Å²) < 4.78 is 0. The van der Waals surface area contributed by atoms with Crippen molar-refractivity contribution in [3.05, 3.63) is 71.4 Å². The van der Waals surface area contributed by atoms with E-state index in [1.54, 1.807) is 6.20 Å². The summed E-state index contributed by atoms with van der Waals surface area (Å²) in [6.07, 6.45) is 1.77. The summed E-state index contributed by atoms with van der Waals surface area (Å²) in [5.41, 5.74) is 8.92. The second kappa shape index (κ2) is 4.71. The molecule has 0 amide bonds. The van der Waals surface area contributed by atoms with Crippen molar-refractivity contribution >= 4 is 16.7 Å². The van der Waals surface area contributed by atoms with Crippen molar-refractivity contribution < 1.29 is 4.79 Å². The first-order valence-electron chi connectivity index (χ1n) is 6.19. The average molecular weight is 250 g/mol. The van der Waals surface area contributed by atoms with Crippen molar-refractivity contribution in [2.45, 2.75) is 6.54 Å². The minimum atomic E-state index is 0.0211. The molecule has 0 saturated carbocycles. The molecule has 0 saturated heterocycles. The van der Waals surface area contributed by atoms with Gasteiger partial charge in [-0.05, 0) is 17.7 Å². The van der Waals surface area contributed by atoms with Crippen LogP contribution in [0.5, 0.6) is 0 Å². The number of nitrogens with one attached hydrogen (secondary N) is 1. The fourth-order valence-electron chi connectivity index (χ4n) is 2.25.